The van der Waals surface area contributed by atoms with Crippen molar-refractivity contribution in [3.63, 3.8) is 0 Å². The number of aliphatic hydroxyl groups excluding tert-OH is 1. The number of nitrogens with two attached hydrogens (primary N) is 1. The van der Waals surface area contributed by atoms with Gasteiger partial charge >= 0.3 is 0 Å². The van der Waals surface area contributed by atoms with Crippen LogP contribution in [-0.4, -0.2) is 28.6 Å². The van der Waals surface area contributed by atoms with Crippen LogP contribution in [0.1, 0.15) is 30.3 Å². The van der Waals surface area contributed by atoms with Crippen LogP contribution < -0.4 is 11.1 Å². The molecule has 5 nitrogen and oxygen atoms in total. The van der Waals surface area contributed by atoms with Crippen molar-refractivity contribution in [2.45, 2.75) is 25.8 Å². The Morgan fingerprint density at radius 3 is 3.00 bits per heavy atom. The highest BCUT2D eigenvalue weighted by Crippen LogP contribution is 2.05. The molecule has 5 N–H and O–H groups in total. The van der Waals surface area contributed by atoms with Crippen LogP contribution in [0.2, 0.25) is 0 Å². The van der Waals surface area contributed by atoms with Crippen LogP contribution in [0, 0.1) is 0 Å². The molecule has 1 rings (SSSR count). The fourth-order valence-corrected chi connectivity index (χ4v) is 1.31. The maximum absolute atomic E-state index is 11.6. The number of carbonyl (C=O) groups is 1. The standard InChI is InChI=1S/C10H17N3O2/c1-7(3-2-4-14)13-10(15)9-5-8(11)6-12-9/h5-7,12,14H,2-4,11H2,1H3,(H,13,15). The number of rotatable bonds is 5. The number of nitrogen functional groups attached to an aromatic ring is 1. The Kier molecular flexibility index (Phi) is 4.17. The molecule has 0 aliphatic rings. The van der Waals surface area contributed by atoms with E-state index in [0.29, 0.717) is 17.8 Å². The van der Waals surface area contributed by atoms with Gasteiger partial charge in [-0.2, -0.15) is 0 Å². The highest BCUT2D eigenvalue weighted by molar-refractivity contribution is 5.93. The first-order chi connectivity index (χ1) is 7.13. The van der Waals surface area contributed by atoms with Gasteiger partial charge in [-0.05, 0) is 25.8 Å². The molecule has 0 bridgehead atoms. The molecule has 1 unspecified atom stereocenters. The minimum atomic E-state index is -0.169. The van der Waals surface area contributed by atoms with Gasteiger partial charge in [0.15, 0.2) is 0 Å². The molecule has 0 fully saturated rings. The maximum Gasteiger partial charge on any atom is 0.267 e. The van der Waals surface area contributed by atoms with Gasteiger partial charge in [-0.25, -0.2) is 0 Å². The van der Waals surface area contributed by atoms with Gasteiger partial charge in [0.1, 0.15) is 5.69 Å². The number of H-pyrrole nitrogens is 1. The van der Waals surface area contributed by atoms with Gasteiger partial charge in [0.05, 0.1) is 0 Å². The van der Waals surface area contributed by atoms with E-state index in [0.717, 1.165) is 6.42 Å². The number of anilines is 1. The molecule has 0 aliphatic heterocycles. The summed E-state index contributed by atoms with van der Waals surface area (Å²) in [6, 6.07) is 1.64. The molecular formula is C10H17N3O2. The Hall–Kier alpha value is -1.49. The Bertz CT molecular complexity index is 322. The zero-order valence-corrected chi connectivity index (χ0v) is 8.79. The number of nitrogens with one attached hydrogen (secondary N) is 2. The Balaban J connectivity index is 2.42. The first kappa shape index (κ1) is 11.6. The fourth-order valence-electron chi connectivity index (χ4n) is 1.31. The van der Waals surface area contributed by atoms with Crippen molar-refractivity contribution in [3.8, 4) is 0 Å². The minimum Gasteiger partial charge on any atom is -0.397 e. The maximum atomic E-state index is 11.6. The Labute approximate surface area is 88.7 Å². The SMILES string of the molecule is CC(CCCO)NC(=O)c1cc(N)c[nH]1. The van der Waals surface area contributed by atoms with Gasteiger partial charge < -0.3 is 21.1 Å². The van der Waals surface area contributed by atoms with Gasteiger partial charge in [0.2, 0.25) is 0 Å². The lowest BCUT2D eigenvalue weighted by atomic mass is 10.2. The lowest BCUT2D eigenvalue weighted by Gasteiger charge is -2.11. The molecular weight excluding hydrogens is 194 g/mol. The number of aromatic nitrogens is 1. The molecule has 1 aromatic rings. The number of hydrogen-bond donors (Lipinski definition) is 4. The average Bonchev–Trinajstić information content (AvgIpc) is 2.61. The van der Waals surface area contributed by atoms with Crippen LogP contribution in [-0.2, 0) is 0 Å². The molecule has 0 radical (unpaired) electrons. The largest absolute Gasteiger partial charge is 0.397 e. The first-order valence-electron chi connectivity index (χ1n) is 4.99. The molecule has 1 aromatic heterocycles. The number of hydrogen-bond acceptors (Lipinski definition) is 3. The molecule has 1 heterocycles. The van der Waals surface area contributed by atoms with Crippen molar-refractivity contribution in [3.05, 3.63) is 18.0 Å². The summed E-state index contributed by atoms with van der Waals surface area (Å²) < 4.78 is 0. The second-order valence-corrected chi connectivity index (χ2v) is 3.59. The minimum absolute atomic E-state index is 0.0502. The molecule has 84 valence electrons. The van der Waals surface area contributed by atoms with Crippen LogP contribution in [0.4, 0.5) is 5.69 Å². The summed E-state index contributed by atoms with van der Waals surface area (Å²) in [6.07, 6.45) is 3.03. The van der Waals surface area contributed by atoms with E-state index < -0.39 is 0 Å². The number of aliphatic hydroxyl groups is 1. The van der Waals surface area contributed by atoms with Crippen LogP contribution in [0.15, 0.2) is 12.3 Å². The second kappa shape index (κ2) is 5.41. The van der Waals surface area contributed by atoms with Crippen molar-refractivity contribution >= 4 is 11.6 Å². The van der Waals surface area contributed by atoms with E-state index in [4.69, 9.17) is 10.8 Å². The Morgan fingerprint density at radius 2 is 2.47 bits per heavy atom. The number of amides is 1. The third-order valence-electron chi connectivity index (χ3n) is 2.12. The fraction of sp³-hybridized carbons (Fsp3) is 0.500. The summed E-state index contributed by atoms with van der Waals surface area (Å²) >= 11 is 0. The smallest absolute Gasteiger partial charge is 0.267 e. The average molecular weight is 211 g/mol. The third-order valence-corrected chi connectivity index (χ3v) is 2.12. The summed E-state index contributed by atoms with van der Waals surface area (Å²) in [5.41, 5.74) is 6.49. The first-order valence-corrected chi connectivity index (χ1v) is 4.99. The van der Waals surface area contributed by atoms with Crippen molar-refractivity contribution < 1.29 is 9.90 Å². The number of carbonyl (C=O) groups excluding carboxylic acids is 1. The van der Waals surface area contributed by atoms with Crippen molar-refractivity contribution in [1.29, 1.82) is 0 Å². The zero-order chi connectivity index (χ0) is 11.3. The summed E-state index contributed by atoms with van der Waals surface area (Å²) in [4.78, 5) is 14.4. The van der Waals surface area contributed by atoms with E-state index in [2.05, 4.69) is 10.3 Å². The quantitative estimate of drug-likeness (QED) is 0.571. The predicted octanol–water partition coefficient (Wildman–Crippen LogP) is 0.488. The third kappa shape index (κ3) is 3.63. The topological polar surface area (TPSA) is 91.1 Å². The molecule has 1 amide bonds. The van der Waals surface area contributed by atoms with E-state index in [1.165, 1.54) is 0 Å². The van der Waals surface area contributed by atoms with Gasteiger partial charge in [-0.3, -0.25) is 4.79 Å². The molecule has 0 saturated carbocycles. The molecule has 5 heteroatoms. The highest BCUT2D eigenvalue weighted by Gasteiger charge is 2.10. The normalized spacial score (nSPS) is 12.4. The van der Waals surface area contributed by atoms with Crippen molar-refractivity contribution in [1.82, 2.24) is 10.3 Å². The summed E-state index contributed by atoms with van der Waals surface area (Å²) in [5.74, 6) is -0.169. The van der Waals surface area contributed by atoms with Crippen LogP contribution in [0.5, 0.6) is 0 Å². The lowest BCUT2D eigenvalue weighted by Crippen LogP contribution is -2.32. The van der Waals surface area contributed by atoms with E-state index in [1.807, 2.05) is 6.92 Å². The van der Waals surface area contributed by atoms with Gasteiger partial charge in [0.25, 0.3) is 5.91 Å². The monoisotopic (exact) mass is 211 g/mol. The molecule has 1 atom stereocenters. The highest BCUT2D eigenvalue weighted by atomic mass is 16.2. The van der Waals surface area contributed by atoms with E-state index in [-0.39, 0.29) is 18.6 Å². The molecule has 0 spiro atoms. The predicted molar refractivity (Wildman–Crippen MR) is 58.5 cm³/mol. The van der Waals surface area contributed by atoms with Crippen LogP contribution in [0.25, 0.3) is 0 Å². The van der Waals surface area contributed by atoms with E-state index in [1.54, 1.807) is 12.3 Å². The van der Waals surface area contributed by atoms with E-state index >= 15 is 0 Å². The summed E-state index contributed by atoms with van der Waals surface area (Å²) in [6.45, 7) is 2.05. The molecule has 0 aliphatic carbocycles. The van der Waals surface area contributed by atoms with E-state index in [9.17, 15) is 4.79 Å². The van der Waals surface area contributed by atoms with Gasteiger partial charge in [-0.15, -0.1) is 0 Å². The number of aromatic amines is 1. The van der Waals surface area contributed by atoms with Crippen molar-refractivity contribution in [2.75, 3.05) is 12.3 Å². The van der Waals surface area contributed by atoms with Crippen LogP contribution in [0.3, 0.4) is 0 Å². The Morgan fingerprint density at radius 1 is 1.73 bits per heavy atom. The van der Waals surface area contributed by atoms with Crippen molar-refractivity contribution in [2.24, 2.45) is 0 Å². The molecule has 15 heavy (non-hydrogen) atoms. The molecule has 0 saturated heterocycles. The zero-order valence-electron chi connectivity index (χ0n) is 8.79. The van der Waals surface area contributed by atoms with Crippen LogP contribution >= 0.6 is 0 Å². The molecule has 0 aromatic carbocycles. The van der Waals surface area contributed by atoms with Gasteiger partial charge in [-0.1, -0.05) is 0 Å². The van der Waals surface area contributed by atoms with Gasteiger partial charge in [0, 0.05) is 24.5 Å². The lowest BCUT2D eigenvalue weighted by molar-refractivity contribution is 0.0932. The summed E-state index contributed by atoms with van der Waals surface area (Å²) in [5, 5.41) is 11.4. The summed E-state index contributed by atoms with van der Waals surface area (Å²) in [7, 11) is 0. The second-order valence-electron chi connectivity index (χ2n) is 3.59.